The number of hydrogen-bond donors (Lipinski definition) is 1. The van der Waals surface area contributed by atoms with E-state index in [0.29, 0.717) is 18.4 Å². The number of benzene rings is 1. The van der Waals surface area contributed by atoms with Crippen LogP contribution in [-0.4, -0.2) is 35.9 Å². The van der Waals surface area contributed by atoms with Gasteiger partial charge in [-0.3, -0.25) is 4.79 Å². The Hall–Kier alpha value is -2.32. The second-order valence-electron chi connectivity index (χ2n) is 6.15. The summed E-state index contributed by atoms with van der Waals surface area (Å²) in [5, 5.41) is 9.48. The van der Waals surface area contributed by atoms with Gasteiger partial charge in [0.1, 0.15) is 23.2 Å². The minimum atomic E-state index is -0.673. The van der Waals surface area contributed by atoms with Crippen LogP contribution in [0.2, 0.25) is 0 Å². The van der Waals surface area contributed by atoms with Crippen LogP contribution in [0.3, 0.4) is 0 Å². The predicted octanol–water partition coefficient (Wildman–Crippen LogP) is 2.06. The Balaban J connectivity index is 1.95. The predicted molar refractivity (Wildman–Crippen MR) is 86.3 cm³/mol. The van der Waals surface area contributed by atoms with Gasteiger partial charge >= 0.3 is 0 Å². The van der Waals surface area contributed by atoms with Gasteiger partial charge in [-0.05, 0) is 6.54 Å². The van der Waals surface area contributed by atoms with E-state index in [4.69, 9.17) is 10.5 Å². The maximum Gasteiger partial charge on any atom is 0.199 e. The molecule has 5 nitrogen and oxygen atoms in total. The van der Waals surface area contributed by atoms with Gasteiger partial charge < -0.3 is 15.4 Å². The van der Waals surface area contributed by atoms with Crippen molar-refractivity contribution in [2.45, 2.75) is 25.4 Å². The van der Waals surface area contributed by atoms with Gasteiger partial charge in [-0.25, -0.2) is 0 Å². The van der Waals surface area contributed by atoms with Crippen molar-refractivity contribution in [3.8, 4) is 6.07 Å². The van der Waals surface area contributed by atoms with E-state index in [1.807, 2.05) is 18.2 Å². The highest BCUT2D eigenvalue weighted by atomic mass is 16.5. The van der Waals surface area contributed by atoms with Crippen molar-refractivity contribution in [3.63, 3.8) is 0 Å². The Morgan fingerprint density at radius 1 is 1.39 bits per heavy atom. The molecule has 2 aliphatic rings. The Kier molecular flexibility index (Phi) is 4.10. The molecular formula is C18H21N3O2. The highest BCUT2D eigenvalue weighted by Gasteiger charge is 2.54. The molecule has 1 aromatic carbocycles. The van der Waals surface area contributed by atoms with Gasteiger partial charge in [-0.15, -0.1) is 0 Å². The Labute approximate surface area is 136 Å². The van der Waals surface area contributed by atoms with Crippen molar-refractivity contribution in [2.75, 3.05) is 19.6 Å². The number of Topliss-reactive ketones (excluding diaryl/α,β-unsaturated/α-hetero) is 1. The van der Waals surface area contributed by atoms with E-state index < -0.39 is 11.5 Å². The topological polar surface area (TPSA) is 79.3 Å². The first-order chi connectivity index (χ1) is 11.1. The maximum atomic E-state index is 13.1. The quantitative estimate of drug-likeness (QED) is 0.864. The summed E-state index contributed by atoms with van der Waals surface area (Å²) in [5.74, 6) is -0.562. The van der Waals surface area contributed by atoms with E-state index >= 15 is 0 Å². The number of nitrogens with two attached hydrogens (primary N) is 1. The Morgan fingerprint density at radius 3 is 2.61 bits per heavy atom. The summed E-state index contributed by atoms with van der Waals surface area (Å²) in [6.07, 6.45) is 1.41. The minimum absolute atomic E-state index is 0.0763. The SMILES string of the molecule is CCN1CCC2(CC1)OC(N)=C(C#N)C2C(=O)c1ccccc1. The van der Waals surface area contributed by atoms with Crippen LogP contribution in [0, 0.1) is 17.2 Å². The lowest BCUT2D eigenvalue weighted by Gasteiger charge is -2.41. The normalized spacial score (nSPS) is 23.6. The van der Waals surface area contributed by atoms with Crippen LogP contribution in [0.4, 0.5) is 0 Å². The first-order valence-corrected chi connectivity index (χ1v) is 8.01. The smallest absolute Gasteiger partial charge is 0.199 e. The highest BCUT2D eigenvalue weighted by molar-refractivity contribution is 6.01. The largest absolute Gasteiger partial charge is 0.471 e. The summed E-state index contributed by atoms with van der Waals surface area (Å²) in [5.41, 5.74) is 6.14. The van der Waals surface area contributed by atoms with E-state index in [0.717, 1.165) is 19.6 Å². The average molecular weight is 311 g/mol. The number of carbonyl (C=O) groups excluding carboxylic acids is 1. The molecule has 2 heterocycles. The molecule has 3 rings (SSSR count). The van der Waals surface area contributed by atoms with E-state index in [-0.39, 0.29) is 17.2 Å². The molecule has 1 spiro atoms. The molecule has 0 bridgehead atoms. The lowest BCUT2D eigenvalue weighted by molar-refractivity contribution is -0.0487. The number of nitrogens with zero attached hydrogens (tertiary/aromatic N) is 2. The number of likely N-dealkylation sites (tertiary alicyclic amines) is 1. The molecule has 5 heteroatoms. The number of ketones is 1. The van der Waals surface area contributed by atoms with Crippen LogP contribution < -0.4 is 5.73 Å². The molecule has 1 atom stereocenters. The van der Waals surface area contributed by atoms with Gasteiger partial charge in [0, 0.05) is 31.5 Å². The van der Waals surface area contributed by atoms with Crippen molar-refractivity contribution in [3.05, 3.63) is 47.4 Å². The minimum Gasteiger partial charge on any atom is -0.471 e. The number of rotatable bonds is 3. The zero-order valence-electron chi connectivity index (χ0n) is 13.3. The average Bonchev–Trinajstić information content (AvgIpc) is 2.86. The molecule has 1 aromatic rings. The second-order valence-corrected chi connectivity index (χ2v) is 6.15. The maximum absolute atomic E-state index is 13.1. The van der Waals surface area contributed by atoms with Crippen molar-refractivity contribution in [1.29, 1.82) is 5.26 Å². The molecule has 23 heavy (non-hydrogen) atoms. The summed E-state index contributed by atoms with van der Waals surface area (Å²) < 4.78 is 5.93. The molecule has 0 amide bonds. The third-order valence-corrected chi connectivity index (χ3v) is 4.98. The number of piperidine rings is 1. The highest BCUT2D eigenvalue weighted by Crippen LogP contribution is 2.45. The van der Waals surface area contributed by atoms with E-state index in [9.17, 15) is 10.1 Å². The lowest BCUT2D eigenvalue weighted by Crippen LogP contribution is -2.50. The first kappa shape index (κ1) is 15.6. The van der Waals surface area contributed by atoms with Gasteiger partial charge in [0.15, 0.2) is 11.7 Å². The van der Waals surface area contributed by atoms with Crippen LogP contribution in [0.15, 0.2) is 41.8 Å². The molecule has 1 fully saturated rings. The van der Waals surface area contributed by atoms with Gasteiger partial charge in [-0.1, -0.05) is 37.3 Å². The third-order valence-electron chi connectivity index (χ3n) is 4.98. The first-order valence-electron chi connectivity index (χ1n) is 8.01. The number of nitriles is 1. The standard InChI is InChI=1S/C18H21N3O2/c1-2-21-10-8-18(9-11-21)15(14(12-19)17(20)23-18)16(22)13-6-4-3-5-7-13/h3-7,15H,2,8-11,20H2,1H3. The summed E-state index contributed by atoms with van der Waals surface area (Å²) in [6.45, 7) is 4.79. The van der Waals surface area contributed by atoms with Crippen molar-refractivity contribution >= 4 is 5.78 Å². The van der Waals surface area contributed by atoms with Gasteiger partial charge in [0.2, 0.25) is 0 Å². The zero-order chi connectivity index (χ0) is 16.4. The summed E-state index contributed by atoms with van der Waals surface area (Å²) in [4.78, 5) is 15.4. The van der Waals surface area contributed by atoms with E-state index in [1.165, 1.54) is 0 Å². The molecule has 0 aromatic heterocycles. The summed E-state index contributed by atoms with van der Waals surface area (Å²) >= 11 is 0. The van der Waals surface area contributed by atoms with E-state index in [2.05, 4.69) is 17.9 Å². The fourth-order valence-corrected chi connectivity index (χ4v) is 3.64. The number of ether oxygens (including phenoxy) is 1. The third kappa shape index (κ3) is 2.60. The summed E-state index contributed by atoms with van der Waals surface area (Å²) in [7, 11) is 0. The van der Waals surface area contributed by atoms with E-state index in [1.54, 1.807) is 12.1 Å². The van der Waals surface area contributed by atoms with Crippen molar-refractivity contribution in [1.82, 2.24) is 4.90 Å². The van der Waals surface area contributed by atoms with Crippen LogP contribution in [-0.2, 0) is 4.74 Å². The number of hydrogen-bond acceptors (Lipinski definition) is 5. The Bertz CT molecular complexity index is 667. The number of carbonyl (C=O) groups is 1. The molecule has 120 valence electrons. The molecule has 2 N–H and O–H groups in total. The van der Waals surface area contributed by atoms with Crippen LogP contribution in [0.25, 0.3) is 0 Å². The van der Waals surface area contributed by atoms with Gasteiger partial charge in [0.25, 0.3) is 0 Å². The monoisotopic (exact) mass is 311 g/mol. The van der Waals surface area contributed by atoms with Gasteiger partial charge in [-0.2, -0.15) is 5.26 Å². The molecule has 2 aliphatic heterocycles. The molecule has 1 saturated heterocycles. The van der Waals surface area contributed by atoms with Crippen molar-refractivity contribution < 1.29 is 9.53 Å². The molecule has 0 radical (unpaired) electrons. The van der Waals surface area contributed by atoms with Crippen molar-refractivity contribution in [2.24, 2.45) is 11.7 Å². The molecule has 1 unspecified atom stereocenters. The summed E-state index contributed by atoms with van der Waals surface area (Å²) in [6, 6.07) is 11.2. The second kappa shape index (κ2) is 6.05. The molecule has 0 saturated carbocycles. The Morgan fingerprint density at radius 2 is 2.04 bits per heavy atom. The molecular weight excluding hydrogens is 290 g/mol. The van der Waals surface area contributed by atoms with Crippen LogP contribution in [0.5, 0.6) is 0 Å². The fourth-order valence-electron chi connectivity index (χ4n) is 3.64. The zero-order valence-corrected chi connectivity index (χ0v) is 13.3. The lowest BCUT2D eigenvalue weighted by atomic mass is 9.73. The fraction of sp³-hybridized carbons (Fsp3) is 0.444. The van der Waals surface area contributed by atoms with Gasteiger partial charge in [0.05, 0.1) is 0 Å². The molecule has 0 aliphatic carbocycles. The van der Waals surface area contributed by atoms with Crippen LogP contribution >= 0.6 is 0 Å². The van der Waals surface area contributed by atoms with Crippen LogP contribution in [0.1, 0.15) is 30.1 Å².